The van der Waals surface area contributed by atoms with Gasteiger partial charge in [0.25, 0.3) is 0 Å². The Labute approximate surface area is 142 Å². The third-order valence-corrected chi connectivity index (χ3v) is 4.18. The Morgan fingerprint density at radius 1 is 0.417 bits per heavy atom. The Balaban J connectivity index is 2.02. The first kappa shape index (κ1) is 14.4. The maximum absolute atomic E-state index is 4.52. The molecule has 1 nitrogen and oxygen atoms in total. The largest absolute Gasteiger partial charge is 0.263 e. The summed E-state index contributed by atoms with van der Waals surface area (Å²) in [5.41, 5.74) is 7.11. The van der Waals surface area contributed by atoms with Gasteiger partial charge >= 0.3 is 0 Å². The molecule has 0 aliphatic carbocycles. The van der Waals surface area contributed by atoms with Crippen LogP contribution in [-0.2, 0) is 0 Å². The average Bonchev–Trinajstić information content (AvgIpc) is 2.69. The highest BCUT2D eigenvalue weighted by molar-refractivity contribution is 5.93. The fourth-order valence-electron chi connectivity index (χ4n) is 3.05. The van der Waals surface area contributed by atoms with Gasteiger partial charge in [-0.05, 0) is 16.7 Å². The van der Waals surface area contributed by atoms with Crippen molar-refractivity contribution in [1.29, 1.82) is 0 Å². The van der Waals surface area contributed by atoms with E-state index in [1.807, 2.05) is 24.5 Å². The number of pyridine rings is 1. The Bertz CT molecular complexity index is 872. The molecule has 0 aliphatic heterocycles. The van der Waals surface area contributed by atoms with E-state index < -0.39 is 0 Å². The minimum Gasteiger partial charge on any atom is -0.263 e. The highest BCUT2D eigenvalue weighted by Crippen LogP contribution is 2.38. The molecule has 0 radical (unpaired) electrons. The lowest BCUT2D eigenvalue weighted by molar-refractivity contribution is 1.33. The van der Waals surface area contributed by atoms with Gasteiger partial charge in [-0.1, -0.05) is 91.0 Å². The van der Waals surface area contributed by atoms with Crippen LogP contribution in [0.5, 0.6) is 0 Å². The number of hydrogen-bond acceptors (Lipinski definition) is 1. The third kappa shape index (κ3) is 2.72. The fourth-order valence-corrected chi connectivity index (χ4v) is 3.05. The molecule has 4 rings (SSSR count). The summed E-state index contributed by atoms with van der Waals surface area (Å²) in [6.07, 6.45) is 3.92. The monoisotopic (exact) mass is 307 g/mol. The van der Waals surface area contributed by atoms with Crippen LogP contribution in [0.25, 0.3) is 33.4 Å². The molecule has 0 bridgehead atoms. The molecule has 0 fully saturated rings. The third-order valence-electron chi connectivity index (χ3n) is 4.18. The Morgan fingerprint density at radius 3 is 1.21 bits per heavy atom. The molecule has 4 aromatic rings. The van der Waals surface area contributed by atoms with Gasteiger partial charge in [-0.2, -0.15) is 0 Å². The highest BCUT2D eigenvalue weighted by Gasteiger charge is 2.14. The number of hydrogen-bond donors (Lipinski definition) is 0. The SMILES string of the molecule is c1ccc(-c2cncc(-c3ccccc3)c2-c2ccccc2)cc1. The number of nitrogens with zero attached hydrogens (tertiary/aromatic N) is 1. The van der Waals surface area contributed by atoms with Crippen molar-refractivity contribution in [3.05, 3.63) is 103 Å². The standard InChI is InChI=1S/C23H17N/c1-4-10-18(11-5-1)21-16-24-17-22(19-12-6-2-7-13-19)23(21)20-14-8-3-9-15-20/h1-17H. The number of benzene rings is 3. The molecular weight excluding hydrogens is 290 g/mol. The van der Waals surface area contributed by atoms with E-state index in [2.05, 4.69) is 83.8 Å². The van der Waals surface area contributed by atoms with Gasteiger partial charge in [0.15, 0.2) is 0 Å². The fraction of sp³-hybridized carbons (Fsp3) is 0. The van der Waals surface area contributed by atoms with E-state index in [9.17, 15) is 0 Å². The zero-order chi connectivity index (χ0) is 16.2. The molecule has 0 aliphatic rings. The molecule has 0 spiro atoms. The van der Waals surface area contributed by atoms with Crippen molar-refractivity contribution in [2.24, 2.45) is 0 Å². The number of rotatable bonds is 3. The maximum Gasteiger partial charge on any atom is 0.0353 e. The molecule has 0 atom stereocenters. The van der Waals surface area contributed by atoms with Crippen LogP contribution in [0.4, 0.5) is 0 Å². The van der Waals surface area contributed by atoms with Crippen LogP contribution in [-0.4, -0.2) is 4.98 Å². The van der Waals surface area contributed by atoms with Gasteiger partial charge in [-0.15, -0.1) is 0 Å². The van der Waals surface area contributed by atoms with Gasteiger partial charge in [0.05, 0.1) is 0 Å². The van der Waals surface area contributed by atoms with Crippen LogP contribution < -0.4 is 0 Å². The minimum absolute atomic E-state index is 1.16. The smallest absolute Gasteiger partial charge is 0.0353 e. The van der Waals surface area contributed by atoms with E-state index in [1.165, 1.54) is 22.3 Å². The second-order valence-electron chi connectivity index (χ2n) is 5.71. The summed E-state index contributed by atoms with van der Waals surface area (Å²) in [7, 11) is 0. The first-order valence-electron chi connectivity index (χ1n) is 8.08. The van der Waals surface area contributed by atoms with Crippen molar-refractivity contribution in [1.82, 2.24) is 4.98 Å². The second-order valence-corrected chi connectivity index (χ2v) is 5.71. The van der Waals surface area contributed by atoms with Crippen LogP contribution in [0.1, 0.15) is 0 Å². The molecule has 0 amide bonds. The first-order valence-corrected chi connectivity index (χ1v) is 8.08. The van der Waals surface area contributed by atoms with Crippen LogP contribution >= 0.6 is 0 Å². The van der Waals surface area contributed by atoms with Crippen LogP contribution in [0.15, 0.2) is 103 Å². The summed E-state index contributed by atoms with van der Waals surface area (Å²) in [4.78, 5) is 4.52. The van der Waals surface area contributed by atoms with E-state index in [0.717, 1.165) is 11.1 Å². The summed E-state index contributed by atoms with van der Waals surface area (Å²) in [5, 5.41) is 0. The summed E-state index contributed by atoms with van der Waals surface area (Å²) < 4.78 is 0. The van der Waals surface area contributed by atoms with Crippen molar-refractivity contribution in [3.8, 4) is 33.4 Å². The van der Waals surface area contributed by atoms with E-state index in [0.29, 0.717) is 0 Å². The molecule has 1 aromatic heterocycles. The Kier molecular flexibility index (Phi) is 3.91. The molecule has 0 N–H and O–H groups in total. The van der Waals surface area contributed by atoms with Crippen molar-refractivity contribution < 1.29 is 0 Å². The zero-order valence-corrected chi connectivity index (χ0v) is 13.3. The van der Waals surface area contributed by atoms with Crippen LogP contribution in [0.2, 0.25) is 0 Å². The van der Waals surface area contributed by atoms with Gasteiger partial charge in [-0.25, -0.2) is 0 Å². The molecule has 3 aromatic carbocycles. The lowest BCUT2D eigenvalue weighted by Gasteiger charge is -2.15. The molecule has 0 saturated heterocycles. The molecule has 1 heteroatoms. The van der Waals surface area contributed by atoms with Crippen molar-refractivity contribution >= 4 is 0 Å². The molecular formula is C23H17N. The van der Waals surface area contributed by atoms with E-state index >= 15 is 0 Å². The lowest BCUT2D eigenvalue weighted by atomic mass is 9.90. The predicted octanol–water partition coefficient (Wildman–Crippen LogP) is 6.08. The first-order chi connectivity index (χ1) is 11.9. The normalized spacial score (nSPS) is 10.5. The van der Waals surface area contributed by atoms with Gasteiger partial charge < -0.3 is 0 Å². The molecule has 114 valence electrons. The van der Waals surface area contributed by atoms with Crippen molar-refractivity contribution in [2.75, 3.05) is 0 Å². The van der Waals surface area contributed by atoms with Crippen LogP contribution in [0, 0.1) is 0 Å². The zero-order valence-electron chi connectivity index (χ0n) is 13.3. The van der Waals surface area contributed by atoms with Crippen molar-refractivity contribution in [3.63, 3.8) is 0 Å². The molecule has 24 heavy (non-hydrogen) atoms. The van der Waals surface area contributed by atoms with Gasteiger partial charge in [0, 0.05) is 29.1 Å². The summed E-state index contributed by atoms with van der Waals surface area (Å²) in [6.45, 7) is 0. The Morgan fingerprint density at radius 2 is 0.792 bits per heavy atom. The summed E-state index contributed by atoms with van der Waals surface area (Å²) in [5.74, 6) is 0. The minimum atomic E-state index is 1.16. The molecule has 0 unspecified atom stereocenters. The van der Waals surface area contributed by atoms with E-state index in [-0.39, 0.29) is 0 Å². The predicted molar refractivity (Wildman–Crippen MR) is 101 cm³/mol. The van der Waals surface area contributed by atoms with E-state index in [1.54, 1.807) is 0 Å². The van der Waals surface area contributed by atoms with Gasteiger partial charge in [0.2, 0.25) is 0 Å². The average molecular weight is 307 g/mol. The summed E-state index contributed by atoms with van der Waals surface area (Å²) >= 11 is 0. The van der Waals surface area contributed by atoms with E-state index in [4.69, 9.17) is 0 Å². The molecule has 1 heterocycles. The lowest BCUT2D eigenvalue weighted by Crippen LogP contribution is -1.92. The topological polar surface area (TPSA) is 12.9 Å². The number of aromatic nitrogens is 1. The maximum atomic E-state index is 4.52. The van der Waals surface area contributed by atoms with Gasteiger partial charge in [0.1, 0.15) is 0 Å². The molecule has 0 saturated carbocycles. The van der Waals surface area contributed by atoms with Gasteiger partial charge in [-0.3, -0.25) is 4.98 Å². The quantitative estimate of drug-likeness (QED) is 0.447. The van der Waals surface area contributed by atoms with Crippen LogP contribution in [0.3, 0.4) is 0 Å². The second kappa shape index (κ2) is 6.51. The Hall–Kier alpha value is -3.19. The summed E-state index contributed by atoms with van der Waals surface area (Å²) in [6, 6.07) is 31.4. The highest BCUT2D eigenvalue weighted by atomic mass is 14.6. The van der Waals surface area contributed by atoms with Crippen molar-refractivity contribution in [2.45, 2.75) is 0 Å².